The quantitative estimate of drug-likeness (QED) is 0.639. The molecule has 0 unspecified atom stereocenters. The molecule has 24 heavy (non-hydrogen) atoms. The number of aromatic amines is 1. The van der Waals surface area contributed by atoms with Crippen LogP contribution in [0.15, 0.2) is 42.5 Å². The number of hydrogen-bond donors (Lipinski definition) is 3. The highest BCUT2D eigenvalue weighted by molar-refractivity contribution is 6.05. The zero-order chi connectivity index (χ0) is 16.3. The number of rotatable bonds is 1. The lowest BCUT2D eigenvalue weighted by Gasteiger charge is -2.16. The second kappa shape index (κ2) is 4.77. The molecule has 3 N–H and O–H groups in total. The second-order valence-corrected chi connectivity index (χ2v) is 6.39. The minimum absolute atomic E-state index is 0.0472. The van der Waals surface area contributed by atoms with E-state index in [1.807, 2.05) is 30.3 Å². The lowest BCUT2D eigenvalue weighted by molar-refractivity contribution is -0.116. The number of carbonyl (C=O) groups excluding carboxylic acids is 1. The highest BCUT2D eigenvalue weighted by Crippen LogP contribution is 2.50. The summed E-state index contributed by atoms with van der Waals surface area (Å²) in [5, 5.41) is 7.66. The standard InChI is InChI=1S/C19H17N3O2/c1-24-10-6-7-15-13(8-10)18-19(21-15)17-12(9-16(23)22-18)11-4-2-3-5-14(11)20-17/h2-8,12,17,20-21H,9H2,1H3,(H,22,23)/t12-,17+/m0/s1. The van der Waals surface area contributed by atoms with E-state index < -0.39 is 0 Å². The van der Waals surface area contributed by atoms with Crippen LogP contribution in [-0.4, -0.2) is 18.0 Å². The van der Waals surface area contributed by atoms with Crippen LogP contribution in [0.5, 0.6) is 5.75 Å². The number of amides is 1. The molecule has 0 radical (unpaired) electrons. The molecule has 0 fully saturated rings. The van der Waals surface area contributed by atoms with Gasteiger partial charge in [-0.15, -0.1) is 0 Å². The molecule has 5 heteroatoms. The van der Waals surface area contributed by atoms with Crippen molar-refractivity contribution < 1.29 is 9.53 Å². The Labute approximate surface area is 139 Å². The molecule has 2 aliphatic rings. The van der Waals surface area contributed by atoms with Gasteiger partial charge < -0.3 is 20.4 Å². The first-order chi connectivity index (χ1) is 11.7. The van der Waals surface area contributed by atoms with Crippen molar-refractivity contribution in [3.63, 3.8) is 0 Å². The Bertz CT molecular complexity index is 976. The summed E-state index contributed by atoms with van der Waals surface area (Å²) < 4.78 is 5.34. The van der Waals surface area contributed by atoms with Crippen molar-refractivity contribution in [2.75, 3.05) is 17.7 Å². The van der Waals surface area contributed by atoms with Crippen molar-refractivity contribution in [3.8, 4) is 5.75 Å². The van der Waals surface area contributed by atoms with Crippen LogP contribution in [0.1, 0.15) is 29.6 Å². The number of benzene rings is 2. The fraction of sp³-hybridized carbons (Fsp3) is 0.211. The van der Waals surface area contributed by atoms with E-state index in [1.165, 1.54) is 5.56 Å². The van der Waals surface area contributed by atoms with E-state index in [4.69, 9.17) is 4.74 Å². The molecular weight excluding hydrogens is 302 g/mol. The summed E-state index contributed by atoms with van der Waals surface area (Å²) in [6.45, 7) is 0. The zero-order valence-electron chi connectivity index (χ0n) is 13.2. The van der Waals surface area contributed by atoms with E-state index in [0.717, 1.165) is 33.7 Å². The summed E-state index contributed by atoms with van der Waals surface area (Å²) in [4.78, 5) is 16.0. The molecule has 0 saturated carbocycles. The van der Waals surface area contributed by atoms with Gasteiger partial charge in [0.05, 0.1) is 24.5 Å². The highest BCUT2D eigenvalue weighted by atomic mass is 16.5. The third-order valence-electron chi connectivity index (χ3n) is 5.09. The van der Waals surface area contributed by atoms with Crippen LogP contribution in [0.2, 0.25) is 0 Å². The van der Waals surface area contributed by atoms with Crippen molar-refractivity contribution in [2.24, 2.45) is 0 Å². The van der Waals surface area contributed by atoms with Crippen LogP contribution in [0.3, 0.4) is 0 Å². The van der Waals surface area contributed by atoms with Crippen LogP contribution in [0.4, 0.5) is 11.4 Å². The highest BCUT2D eigenvalue weighted by Gasteiger charge is 2.39. The number of H-pyrrole nitrogens is 1. The van der Waals surface area contributed by atoms with Gasteiger partial charge in [0.2, 0.25) is 5.91 Å². The smallest absolute Gasteiger partial charge is 0.225 e. The number of aromatic nitrogens is 1. The molecule has 120 valence electrons. The van der Waals surface area contributed by atoms with E-state index in [0.29, 0.717) is 6.42 Å². The van der Waals surface area contributed by atoms with Crippen LogP contribution in [0.25, 0.3) is 10.9 Å². The monoisotopic (exact) mass is 319 g/mol. The average Bonchev–Trinajstić information content (AvgIpc) is 3.09. The molecule has 0 spiro atoms. The number of para-hydroxylation sites is 1. The van der Waals surface area contributed by atoms with Gasteiger partial charge in [0, 0.05) is 28.9 Å². The number of hydrogen-bond acceptors (Lipinski definition) is 3. The van der Waals surface area contributed by atoms with Crippen LogP contribution >= 0.6 is 0 Å². The minimum Gasteiger partial charge on any atom is -0.497 e. The van der Waals surface area contributed by atoms with Gasteiger partial charge in [-0.1, -0.05) is 18.2 Å². The predicted molar refractivity (Wildman–Crippen MR) is 93.6 cm³/mol. The Morgan fingerprint density at radius 2 is 2.04 bits per heavy atom. The van der Waals surface area contributed by atoms with Crippen molar-refractivity contribution in [2.45, 2.75) is 18.4 Å². The lowest BCUT2D eigenvalue weighted by Crippen LogP contribution is -2.14. The molecule has 0 bridgehead atoms. The Hall–Kier alpha value is -2.95. The SMILES string of the molecule is COc1ccc2[nH]c3c(c2c1)NC(=O)C[C@H]1c2ccccc2N[C@@H]31. The fourth-order valence-electron chi connectivity index (χ4n) is 3.98. The normalized spacial score (nSPS) is 21.3. The molecule has 5 rings (SSSR count). The molecule has 2 aromatic carbocycles. The largest absolute Gasteiger partial charge is 0.497 e. The third kappa shape index (κ3) is 1.78. The number of ether oxygens (including phenoxy) is 1. The van der Waals surface area contributed by atoms with Gasteiger partial charge in [0.25, 0.3) is 0 Å². The van der Waals surface area contributed by atoms with Gasteiger partial charge in [0.1, 0.15) is 5.75 Å². The molecule has 2 atom stereocenters. The molecule has 3 heterocycles. The van der Waals surface area contributed by atoms with Gasteiger partial charge in [-0.05, 0) is 29.8 Å². The molecule has 2 aliphatic heterocycles. The number of anilines is 2. The maximum Gasteiger partial charge on any atom is 0.225 e. The fourth-order valence-corrected chi connectivity index (χ4v) is 3.98. The van der Waals surface area contributed by atoms with E-state index in [1.54, 1.807) is 7.11 Å². The van der Waals surface area contributed by atoms with Gasteiger partial charge >= 0.3 is 0 Å². The van der Waals surface area contributed by atoms with Crippen LogP contribution in [0, 0.1) is 0 Å². The van der Waals surface area contributed by atoms with E-state index in [2.05, 4.69) is 27.8 Å². The Balaban J connectivity index is 1.72. The second-order valence-electron chi connectivity index (χ2n) is 6.39. The summed E-state index contributed by atoms with van der Waals surface area (Å²) in [6.07, 6.45) is 0.475. The van der Waals surface area contributed by atoms with Gasteiger partial charge in [-0.25, -0.2) is 0 Å². The van der Waals surface area contributed by atoms with E-state index in [9.17, 15) is 4.79 Å². The summed E-state index contributed by atoms with van der Waals surface area (Å²) in [7, 11) is 1.65. The summed E-state index contributed by atoms with van der Waals surface area (Å²) in [6, 6.07) is 14.2. The van der Waals surface area contributed by atoms with Crippen molar-refractivity contribution in [3.05, 3.63) is 53.7 Å². The number of fused-ring (bicyclic) bond motifs is 7. The van der Waals surface area contributed by atoms with Crippen molar-refractivity contribution >= 4 is 28.2 Å². The molecule has 1 aromatic heterocycles. The summed E-state index contributed by atoms with van der Waals surface area (Å²) in [5.74, 6) is 0.963. The van der Waals surface area contributed by atoms with E-state index >= 15 is 0 Å². The van der Waals surface area contributed by atoms with Gasteiger partial charge in [0.15, 0.2) is 0 Å². The minimum atomic E-state index is 0.0472. The Kier molecular flexibility index (Phi) is 2.68. The molecular formula is C19H17N3O2. The number of methoxy groups -OCH3 is 1. The third-order valence-corrected chi connectivity index (χ3v) is 5.09. The van der Waals surface area contributed by atoms with Gasteiger partial charge in [-0.3, -0.25) is 4.79 Å². The Morgan fingerprint density at radius 1 is 1.17 bits per heavy atom. The van der Waals surface area contributed by atoms with E-state index in [-0.39, 0.29) is 17.9 Å². The van der Waals surface area contributed by atoms with Crippen LogP contribution in [-0.2, 0) is 4.79 Å². The summed E-state index contributed by atoms with van der Waals surface area (Å²) >= 11 is 0. The first-order valence-corrected chi connectivity index (χ1v) is 8.09. The van der Waals surface area contributed by atoms with Crippen molar-refractivity contribution in [1.82, 2.24) is 4.98 Å². The van der Waals surface area contributed by atoms with Crippen molar-refractivity contribution in [1.29, 1.82) is 0 Å². The molecule has 0 aliphatic carbocycles. The first kappa shape index (κ1) is 13.5. The zero-order valence-corrected chi connectivity index (χ0v) is 13.2. The maximum absolute atomic E-state index is 12.5. The summed E-state index contributed by atoms with van der Waals surface area (Å²) in [5.41, 5.74) is 5.22. The number of carbonyl (C=O) groups is 1. The lowest BCUT2D eigenvalue weighted by atomic mass is 9.90. The first-order valence-electron chi connectivity index (χ1n) is 8.09. The molecule has 3 aromatic rings. The number of nitrogens with one attached hydrogen (secondary N) is 3. The molecule has 5 nitrogen and oxygen atoms in total. The van der Waals surface area contributed by atoms with Crippen LogP contribution < -0.4 is 15.4 Å². The maximum atomic E-state index is 12.5. The molecule has 1 amide bonds. The average molecular weight is 319 g/mol. The predicted octanol–water partition coefficient (Wildman–Crippen LogP) is 3.77. The topological polar surface area (TPSA) is 66.1 Å². The Morgan fingerprint density at radius 3 is 2.92 bits per heavy atom. The van der Waals surface area contributed by atoms with Gasteiger partial charge in [-0.2, -0.15) is 0 Å². The molecule has 0 saturated heterocycles.